The Balaban J connectivity index is 1.44. The number of fused-ring (bicyclic) bond motifs is 1. The fourth-order valence-corrected chi connectivity index (χ4v) is 4.40. The summed E-state index contributed by atoms with van der Waals surface area (Å²) >= 11 is 0. The molecule has 1 unspecified atom stereocenters. The first kappa shape index (κ1) is 16.5. The maximum absolute atomic E-state index is 12.6. The molecule has 25 heavy (non-hydrogen) atoms. The molecule has 0 N–H and O–H groups in total. The van der Waals surface area contributed by atoms with Gasteiger partial charge in [0.1, 0.15) is 5.82 Å². The van der Waals surface area contributed by atoms with Crippen LogP contribution in [0.1, 0.15) is 62.0 Å². The zero-order valence-electron chi connectivity index (χ0n) is 14.9. The Morgan fingerprint density at radius 2 is 1.92 bits per heavy atom. The van der Waals surface area contributed by atoms with Crippen molar-refractivity contribution in [2.45, 2.75) is 57.9 Å². The van der Waals surface area contributed by atoms with Crippen LogP contribution in [0.5, 0.6) is 0 Å². The van der Waals surface area contributed by atoms with Crippen molar-refractivity contribution in [2.75, 3.05) is 19.6 Å². The second-order valence-corrected chi connectivity index (χ2v) is 7.64. The third kappa shape index (κ3) is 3.26. The summed E-state index contributed by atoms with van der Waals surface area (Å²) in [6.07, 6.45) is 8.12. The van der Waals surface area contributed by atoms with Crippen LogP contribution in [0.4, 0.5) is 0 Å². The molecule has 1 aromatic heterocycles. The predicted molar refractivity (Wildman–Crippen MR) is 92.7 cm³/mol. The third-order valence-electron chi connectivity index (χ3n) is 5.97. The highest BCUT2D eigenvalue weighted by atomic mass is 16.2. The highest BCUT2D eigenvalue weighted by Gasteiger charge is 2.31. The van der Waals surface area contributed by atoms with E-state index in [0.717, 1.165) is 62.4 Å². The molecule has 1 saturated heterocycles. The van der Waals surface area contributed by atoms with Crippen LogP contribution in [0.3, 0.4) is 0 Å². The Kier molecular flexibility index (Phi) is 4.44. The first-order valence-electron chi connectivity index (χ1n) is 9.51. The van der Waals surface area contributed by atoms with E-state index < -0.39 is 0 Å². The normalized spacial score (nSPS) is 23.8. The molecule has 134 valence electrons. The van der Waals surface area contributed by atoms with Crippen molar-refractivity contribution in [3.63, 3.8) is 0 Å². The van der Waals surface area contributed by atoms with Gasteiger partial charge in [-0.05, 0) is 19.3 Å². The van der Waals surface area contributed by atoms with Crippen molar-refractivity contribution < 1.29 is 9.59 Å². The highest BCUT2D eigenvalue weighted by Crippen LogP contribution is 2.30. The molecular weight excluding hydrogens is 316 g/mol. The van der Waals surface area contributed by atoms with Gasteiger partial charge in [0.05, 0.1) is 5.69 Å². The molecule has 6 heteroatoms. The van der Waals surface area contributed by atoms with Crippen molar-refractivity contribution >= 4 is 11.8 Å². The van der Waals surface area contributed by atoms with Crippen LogP contribution < -0.4 is 0 Å². The van der Waals surface area contributed by atoms with E-state index in [9.17, 15) is 9.59 Å². The van der Waals surface area contributed by atoms with E-state index in [2.05, 4.69) is 4.98 Å². The monoisotopic (exact) mass is 342 g/mol. The van der Waals surface area contributed by atoms with Gasteiger partial charge in [-0.1, -0.05) is 12.8 Å². The summed E-state index contributed by atoms with van der Waals surface area (Å²) < 4.78 is 0. The van der Waals surface area contributed by atoms with Gasteiger partial charge in [0.15, 0.2) is 0 Å². The van der Waals surface area contributed by atoms with Gasteiger partial charge in [-0.2, -0.15) is 0 Å². The Bertz CT molecular complexity index is 684. The zero-order valence-corrected chi connectivity index (χ0v) is 14.9. The molecule has 4 rings (SSSR count). The zero-order chi connectivity index (χ0) is 17.4. The second kappa shape index (κ2) is 6.73. The minimum Gasteiger partial charge on any atom is -0.342 e. The number of aromatic nitrogens is 2. The molecular formula is C19H26N4O2. The smallest absolute Gasteiger partial charge is 0.225 e. The first-order chi connectivity index (χ1) is 12.1. The van der Waals surface area contributed by atoms with Gasteiger partial charge < -0.3 is 9.80 Å². The molecule has 0 aromatic carbocycles. The highest BCUT2D eigenvalue weighted by molar-refractivity contribution is 5.79. The number of nitrogens with zero attached hydrogens (tertiary/aromatic N) is 4. The number of likely N-dealkylation sites (tertiary alicyclic amines) is 1. The summed E-state index contributed by atoms with van der Waals surface area (Å²) in [6, 6.07) is 0. The topological polar surface area (TPSA) is 66.4 Å². The minimum absolute atomic E-state index is 0.126. The summed E-state index contributed by atoms with van der Waals surface area (Å²) in [5, 5.41) is 0. The summed E-state index contributed by atoms with van der Waals surface area (Å²) in [7, 11) is 0. The third-order valence-corrected chi connectivity index (χ3v) is 5.97. The molecule has 0 spiro atoms. The van der Waals surface area contributed by atoms with Crippen molar-refractivity contribution in [1.29, 1.82) is 0 Å². The van der Waals surface area contributed by atoms with Gasteiger partial charge in [0, 0.05) is 63.1 Å². The average molecular weight is 342 g/mol. The van der Waals surface area contributed by atoms with Crippen LogP contribution in [0.25, 0.3) is 0 Å². The number of carbonyl (C=O) groups is 2. The number of hydrogen-bond donors (Lipinski definition) is 0. The van der Waals surface area contributed by atoms with Crippen molar-refractivity contribution in [3.05, 3.63) is 23.3 Å². The molecule has 0 bridgehead atoms. The van der Waals surface area contributed by atoms with Crippen LogP contribution in [-0.2, 0) is 22.6 Å². The van der Waals surface area contributed by atoms with Gasteiger partial charge in [0.2, 0.25) is 11.8 Å². The molecule has 0 radical (unpaired) electrons. The summed E-state index contributed by atoms with van der Waals surface area (Å²) in [5.41, 5.74) is 2.17. The van der Waals surface area contributed by atoms with Crippen molar-refractivity contribution in [2.24, 2.45) is 5.92 Å². The molecule has 1 aromatic rings. The number of hydrogen-bond acceptors (Lipinski definition) is 4. The Labute approximate surface area is 148 Å². The Morgan fingerprint density at radius 1 is 1.12 bits per heavy atom. The molecule has 3 aliphatic rings. The van der Waals surface area contributed by atoms with Crippen LogP contribution in [0, 0.1) is 5.92 Å². The SMILES string of the molecule is CC(=O)N1CCC(c2ncc3c(n2)CCN(C(=O)C2CCCC2)C3)C1. The average Bonchev–Trinajstić information content (AvgIpc) is 3.32. The van der Waals surface area contributed by atoms with Gasteiger partial charge in [0.25, 0.3) is 0 Å². The second-order valence-electron chi connectivity index (χ2n) is 7.64. The minimum atomic E-state index is 0.126. The molecule has 1 saturated carbocycles. The lowest BCUT2D eigenvalue weighted by Crippen LogP contribution is -2.39. The lowest BCUT2D eigenvalue weighted by molar-refractivity contribution is -0.136. The maximum atomic E-state index is 12.6. The van der Waals surface area contributed by atoms with E-state index in [0.29, 0.717) is 12.5 Å². The standard InChI is InChI=1S/C19H26N4O2/c1-13(24)22-8-6-15(11-22)18-20-10-16-12-23(9-7-17(16)21-18)19(25)14-4-2-3-5-14/h10,14-15H,2-9,11-12H2,1H3. The predicted octanol–water partition coefficient (Wildman–Crippen LogP) is 1.89. The lowest BCUT2D eigenvalue weighted by Gasteiger charge is -2.30. The van der Waals surface area contributed by atoms with Gasteiger partial charge in [-0.15, -0.1) is 0 Å². The van der Waals surface area contributed by atoms with E-state index in [1.807, 2.05) is 16.0 Å². The number of carbonyl (C=O) groups excluding carboxylic acids is 2. The van der Waals surface area contributed by atoms with Gasteiger partial charge >= 0.3 is 0 Å². The molecule has 6 nitrogen and oxygen atoms in total. The van der Waals surface area contributed by atoms with Crippen molar-refractivity contribution in [3.8, 4) is 0 Å². The van der Waals surface area contributed by atoms with Gasteiger partial charge in [-0.3, -0.25) is 9.59 Å². The van der Waals surface area contributed by atoms with Crippen LogP contribution in [-0.4, -0.2) is 51.2 Å². The molecule has 2 amide bonds. The lowest BCUT2D eigenvalue weighted by atomic mass is 10.0. The molecule has 1 aliphatic carbocycles. The van der Waals surface area contributed by atoms with Crippen molar-refractivity contribution in [1.82, 2.24) is 19.8 Å². The Morgan fingerprint density at radius 3 is 2.64 bits per heavy atom. The largest absolute Gasteiger partial charge is 0.342 e. The molecule has 2 aliphatic heterocycles. The van der Waals surface area contributed by atoms with Gasteiger partial charge in [-0.25, -0.2) is 9.97 Å². The first-order valence-corrected chi connectivity index (χ1v) is 9.51. The fourth-order valence-electron chi connectivity index (χ4n) is 4.40. The van der Waals surface area contributed by atoms with Crippen LogP contribution in [0.15, 0.2) is 6.20 Å². The molecule has 3 heterocycles. The summed E-state index contributed by atoms with van der Waals surface area (Å²) in [4.78, 5) is 37.4. The Hall–Kier alpha value is -1.98. The quantitative estimate of drug-likeness (QED) is 0.823. The number of rotatable bonds is 2. The van der Waals surface area contributed by atoms with E-state index in [1.165, 1.54) is 12.8 Å². The van der Waals surface area contributed by atoms with Crippen LogP contribution in [0.2, 0.25) is 0 Å². The van der Waals surface area contributed by atoms with E-state index in [1.54, 1.807) is 6.92 Å². The van der Waals surface area contributed by atoms with E-state index in [-0.39, 0.29) is 17.7 Å². The number of amides is 2. The van der Waals surface area contributed by atoms with E-state index in [4.69, 9.17) is 4.98 Å². The fraction of sp³-hybridized carbons (Fsp3) is 0.684. The van der Waals surface area contributed by atoms with Crippen LogP contribution >= 0.6 is 0 Å². The summed E-state index contributed by atoms with van der Waals surface area (Å²) in [6.45, 7) is 4.55. The summed E-state index contributed by atoms with van der Waals surface area (Å²) in [5.74, 6) is 1.78. The molecule has 1 atom stereocenters. The maximum Gasteiger partial charge on any atom is 0.225 e. The molecule has 2 fully saturated rings. The van der Waals surface area contributed by atoms with E-state index >= 15 is 0 Å².